The summed E-state index contributed by atoms with van der Waals surface area (Å²) in [5.41, 5.74) is 0.104. The van der Waals surface area contributed by atoms with E-state index in [-0.39, 0.29) is 31.1 Å². The molecule has 2 fully saturated rings. The fourth-order valence-electron chi connectivity index (χ4n) is 8.32. The number of carbonyl (C=O) groups excluding carboxylic acids is 9. The van der Waals surface area contributed by atoms with Crippen molar-refractivity contribution in [1.29, 1.82) is 0 Å². The number of likely N-dealkylation sites (N-methyl/N-ethyl adjacent to an activating group) is 1. The zero-order valence-electron chi connectivity index (χ0n) is 39.1. The van der Waals surface area contributed by atoms with Crippen LogP contribution < -0.4 is 42.5 Å². The highest BCUT2D eigenvalue weighted by atomic mass is 16.2. The Balaban J connectivity index is 1.32. The fraction of sp³-hybridized carbons (Fsp3) is 0.479. The van der Waals surface area contributed by atoms with Gasteiger partial charge in [-0.15, -0.1) is 0 Å². The Morgan fingerprint density at radius 3 is 2.07 bits per heavy atom. The number of rotatable bonds is 19. The Morgan fingerprint density at radius 1 is 0.779 bits per heavy atom. The molecule has 8 N–H and O–H groups in total. The topological polar surface area (TPSA) is 279 Å². The predicted octanol–water partition coefficient (Wildman–Crippen LogP) is 1.91. The van der Waals surface area contributed by atoms with Crippen LogP contribution in [-0.2, 0) is 33.6 Å². The maximum Gasteiger partial charge on any atom is 0.321 e. The van der Waals surface area contributed by atoms with E-state index in [0.717, 1.165) is 19.3 Å². The van der Waals surface area contributed by atoms with Crippen LogP contribution in [0.5, 0.6) is 0 Å². The fourth-order valence-corrected chi connectivity index (χ4v) is 8.32. The van der Waals surface area contributed by atoms with Gasteiger partial charge in [-0.05, 0) is 48.3 Å². The summed E-state index contributed by atoms with van der Waals surface area (Å²) in [6.45, 7) is 6.01. The highest BCUT2D eigenvalue weighted by molar-refractivity contribution is 6.38. The zero-order valence-corrected chi connectivity index (χ0v) is 39.1. The smallest absolute Gasteiger partial charge is 0.321 e. The third kappa shape index (κ3) is 14.4. The Hall–Kier alpha value is -7.25. The van der Waals surface area contributed by atoms with E-state index in [2.05, 4.69) is 52.5 Å². The number of carbonyl (C=O) groups is 9. The molecule has 68 heavy (non-hydrogen) atoms. The van der Waals surface area contributed by atoms with Crippen molar-refractivity contribution < 1.29 is 43.2 Å². The molecule has 3 aromatic rings. The first-order valence-electron chi connectivity index (χ1n) is 23.0. The quantitative estimate of drug-likeness (QED) is 0.0804. The average Bonchev–Trinajstić information content (AvgIpc) is 3.77. The van der Waals surface area contributed by atoms with Gasteiger partial charge in [-0.25, -0.2) is 9.78 Å². The van der Waals surface area contributed by atoms with Crippen molar-refractivity contribution in [3.05, 3.63) is 90.5 Å². The number of anilines is 1. The van der Waals surface area contributed by atoms with Crippen molar-refractivity contribution in [2.45, 2.75) is 103 Å². The summed E-state index contributed by atoms with van der Waals surface area (Å²) in [5.74, 6) is -7.36. The lowest BCUT2D eigenvalue weighted by Crippen LogP contribution is -2.61. The summed E-state index contributed by atoms with van der Waals surface area (Å²) in [5, 5.41) is 21.4. The maximum atomic E-state index is 14.5. The summed E-state index contributed by atoms with van der Waals surface area (Å²) in [7, 11) is 1.41. The molecule has 6 atom stereocenters. The standard InChI is InChI=1S/C48H63N11O9/c1-6-16-33(39(61)45(66)52-26-36(60)56-37(43(64)49-5)29-17-10-7-11-18-29)54-41(62)32-27-59(47(68)53-31-21-14-9-15-22-31)28-35(32)55-46(67)40(48(2,3)4)58-44(65)38(30-19-12-8-13-20-30)57-42(63)34-25-50-23-24-51-34/h7,9-11,14-15,17-18,21-25,30,32-33,35,37-38,40H,6,8,12-13,16,19-20,26-28H2,1-5H3,(H,49,64)(H,52,66)(H,53,68)(H,54,62)(H,55,67)(H,56,60)(H,57,63)(H,58,65)/t32-,33+,35+,37+,38+,40-/m1/s1. The summed E-state index contributed by atoms with van der Waals surface area (Å²) in [6, 6.07) is 10.8. The first kappa shape index (κ1) is 51.7. The molecule has 1 aliphatic carbocycles. The lowest BCUT2D eigenvalue weighted by Gasteiger charge is -2.35. The largest absolute Gasteiger partial charge is 0.357 e. The van der Waals surface area contributed by atoms with Gasteiger partial charge in [0.1, 0.15) is 23.8 Å². The zero-order chi connectivity index (χ0) is 49.4. The van der Waals surface area contributed by atoms with Crippen molar-refractivity contribution in [3.8, 4) is 0 Å². The first-order valence-corrected chi connectivity index (χ1v) is 23.0. The van der Waals surface area contributed by atoms with Crippen molar-refractivity contribution in [3.63, 3.8) is 0 Å². The Morgan fingerprint density at radius 2 is 1.46 bits per heavy atom. The minimum atomic E-state index is -1.35. The van der Waals surface area contributed by atoms with Crippen LogP contribution in [0.1, 0.15) is 94.7 Å². The third-order valence-electron chi connectivity index (χ3n) is 12.0. The molecule has 5 rings (SSSR count). The number of benzene rings is 2. The lowest BCUT2D eigenvalue weighted by atomic mass is 9.82. The average molecular weight is 938 g/mol. The Kier molecular flexibility index (Phi) is 18.6. The van der Waals surface area contributed by atoms with Gasteiger partial charge in [-0.2, -0.15) is 0 Å². The number of ketones is 1. The molecule has 364 valence electrons. The number of aromatic nitrogens is 2. The molecule has 1 saturated carbocycles. The second kappa shape index (κ2) is 24.5. The van der Waals surface area contributed by atoms with Crippen molar-refractivity contribution in [2.24, 2.45) is 17.3 Å². The molecule has 9 amide bonds. The number of para-hydroxylation sites is 1. The molecule has 0 spiro atoms. The van der Waals surface area contributed by atoms with Gasteiger partial charge in [0.05, 0.1) is 30.7 Å². The summed E-state index contributed by atoms with van der Waals surface area (Å²) >= 11 is 0. The molecule has 0 bridgehead atoms. The minimum Gasteiger partial charge on any atom is -0.357 e. The first-order chi connectivity index (χ1) is 32.5. The summed E-state index contributed by atoms with van der Waals surface area (Å²) in [4.78, 5) is 132. The van der Waals surface area contributed by atoms with Crippen LogP contribution in [0.15, 0.2) is 79.3 Å². The van der Waals surface area contributed by atoms with Gasteiger partial charge in [0.15, 0.2) is 0 Å². The molecule has 2 aliphatic rings. The number of nitrogens with one attached hydrogen (secondary N) is 8. The van der Waals surface area contributed by atoms with E-state index < -0.39 is 101 Å². The molecule has 2 heterocycles. The van der Waals surface area contributed by atoms with E-state index in [9.17, 15) is 43.2 Å². The molecule has 20 heteroatoms. The monoisotopic (exact) mass is 937 g/mol. The van der Waals surface area contributed by atoms with E-state index in [1.54, 1.807) is 88.4 Å². The number of likely N-dealkylation sites (tertiary alicyclic amines) is 1. The molecular formula is C48H63N11O9. The van der Waals surface area contributed by atoms with E-state index in [4.69, 9.17) is 0 Å². The SMILES string of the molecule is CCC[C@H](NC(=O)[C@@H]1CN(C(=O)Nc2ccccc2)C[C@@H]1NC(=O)[C@@H](NC(=O)[C@@H](NC(=O)c1cnccn1)C1CCCCC1)C(C)(C)C)C(=O)C(=O)NCC(=O)N[C@H](C(=O)NC)c1ccccc1. The predicted molar refractivity (Wildman–Crippen MR) is 250 cm³/mol. The van der Waals surface area contributed by atoms with Gasteiger partial charge < -0.3 is 47.4 Å². The van der Waals surface area contributed by atoms with Crippen LogP contribution in [0.3, 0.4) is 0 Å². The van der Waals surface area contributed by atoms with Crippen LogP contribution in [0.4, 0.5) is 10.5 Å². The van der Waals surface area contributed by atoms with Gasteiger partial charge in [0.25, 0.3) is 11.8 Å². The molecule has 2 aromatic carbocycles. The highest BCUT2D eigenvalue weighted by Crippen LogP contribution is 2.28. The van der Waals surface area contributed by atoms with E-state index >= 15 is 0 Å². The Bertz CT molecular complexity index is 2250. The summed E-state index contributed by atoms with van der Waals surface area (Å²) in [6.07, 6.45) is 8.56. The summed E-state index contributed by atoms with van der Waals surface area (Å²) < 4.78 is 0. The van der Waals surface area contributed by atoms with Gasteiger partial charge in [0.2, 0.25) is 35.3 Å². The molecule has 1 saturated heterocycles. The molecular weight excluding hydrogens is 875 g/mol. The van der Waals surface area contributed by atoms with Gasteiger partial charge in [0, 0.05) is 38.2 Å². The van der Waals surface area contributed by atoms with Gasteiger partial charge in [-0.1, -0.05) is 102 Å². The molecule has 1 aliphatic heterocycles. The van der Waals surface area contributed by atoms with Crippen molar-refractivity contribution in [1.82, 2.24) is 52.1 Å². The number of urea groups is 1. The molecule has 1 aromatic heterocycles. The normalized spacial score (nSPS) is 17.8. The molecule has 0 radical (unpaired) electrons. The van der Waals surface area contributed by atoms with E-state index in [0.29, 0.717) is 30.5 Å². The van der Waals surface area contributed by atoms with Crippen molar-refractivity contribution >= 4 is 58.9 Å². The molecule has 0 unspecified atom stereocenters. The number of Topliss-reactive ketones (excluding diaryl/α,β-unsaturated/α-hetero) is 1. The molecule has 20 nitrogen and oxygen atoms in total. The second-order valence-corrected chi connectivity index (χ2v) is 18.1. The van der Waals surface area contributed by atoms with Crippen LogP contribution in [0.2, 0.25) is 0 Å². The van der Waals surface area contributed by atoms with E-state index in [1.807, 2.05) is 0 Å². The van der Waals surface area contributed by atoms with E-state index in [1.165, 1.54) is 30.5 Å². The van der Waals surface area contributed by atoms with Crippen molar-refractivity contribution in [2.75, 3.05) is 32.0 Å². The number of hydrogen-bond acceptors (Lipinski definition) is 11. The Labute approximate surface area is 395 Å². The number of hydrogen-bond donors (Lipinski definition) is 8. The van der Waals surface area contributed by atoms with Crippen LogP contribution in [-0.4, -0.2) is 119 Å². The lowest BCUT2D eigenvalue weighted by molar-refractivity contribution is -0.141. The number of nitrogens with zero attached hydrogens (tertiary/aromatic N) is 3. The maximum absolute atomic E-state index is 14.5. The minimum absolute atomic E-state index is 0.0280. The highest BCUT2D eigenvalue weighted by Gasteiger charge is 2.45. The van der Waals surface area contributed by atoms with Gasteiger partial charge in [-0.3, -0.25) is 43.3 Å². The van der Waals surface area contributed by atoms with Crippen LogP contribution in [0.25, 0.3) is 0 Å². The second-order valence-electron chi connectivity index (χ2n) is 18.1. The van der Waals surface area contributed by atoms with Crippen LogP contribution >= 0.6 is 0 Å². The van der Waals surface area contributed by atoms with Gasteiger partial charge >= 0.3 is 6.03 Å². The number of amides is 9. The third-order valence-corrected chi connectivity index (χ3v) is 12.0. The van der Waals surface area contributed by atoms with Crippen LogP contribution in [0, 0.1) is 17.3 Å².